The van der Waals surface area contributed by atoms with Crippen LogP contribution >= 0.6 is 11.3 Å². The van der Waals surface area contributed by atoms with Gasteiger partial charge in [-0.3, -0.25) is 38.9 Å². The lowest BCUT2D eigenvalue weighted by Gasteiger charge is -2.30. The summed E-state index contributed by atoms with van der Waals surface area (Å²) in [7, 11) is -2.32. The van der Waals surface area contributed by atoms with Crippen LogP contribution in [-0.4, -0.2) is 104 Å². The lowest BCUT2D eigenvalue weighted by Crippen LogP contribution is -2.59. The van der Waals surface area contributed by atoms with E-state index in [1.807, 2.05) is 12.2 Å². The molecule has 20 heteroatoms. The second kappa shape index (κ2) is 15.3. The van der Waals surface area contributed by atoms with Crippen LogP contribution in [0.4, 0.5) is 9.93 Å². The average molecular weight is 850 g/mol. The van der Waals surface area contributed by atoms with Crippen molar-refractivity contribution in [2.24, 2.45) is 24.8 Å². The van der Waals surface area contributed by atoms with Gasteiger partial charge in [-0.15, -0.1) is 11.3 Å². The van der Waals surface area contributed by atoms with Crippen molar-refractivity contribution >= 4 is 56.2 Å². The van der Waals surface area contributed by atoms with Crippen LogP contribution in [0.2, 0.25) is 0 Å². The number of aryl methyl sites for hydroxylation is 1. The number of amides is 5. The van der Waals surface area contributed by atoms with E-state index in [9.17, 15) is 32.4 Å². The number of fused-ring (bicyclic) bond motifs is 3. The normalized spacial score (nSPS) is 28.8. The molecule has 314 valence electrons. The van der Waals surface area contributed by atoms with Crippen LogP contribution in [0.15, 0.2) is 48.1 Å². The average Bonchev–Trinajstić information content (AvgIpc) is 4.10. The molecule has 2 aliphatic heterocycles. The Hall–Kier alpha value is -5.37. The number of pyridine rings is 1. The monoisotopic (exact) mass is 849 g/mol. The van der Waals surface area contributed by atoms with E-state index in [1.54, 1.807) is 57.6 Å². The Labute approximate surface area is 344 Å². The van der Waals surface area contributed by atoms with Gasteiger partial charge >= 0.3 is 6.09 Å². The number of nitrogens with zero attached hydrogens (tertiary/aromatic N) is 5. The highest BCUT2D eigenvalue weighted by Crippen LogP contribution is 2.49. The van der Waals surface area contributed by atoms with Crippen molar-refractivity contribution in [2.75, 3.05) is 11.9 Å². The molecule has 4 fully saturated rings. The summed E-state index contributed by atoms with van der Waals surface area (Å²) in [5, 5.41) is 14.6. The van der Waals surface area contributed by atoms with Gasteiger partial charge in [0.05, 0.1) is 23.1 Å². The number of carbonyl (C=O) groups excluding carboxylic acids is 5. The molecule has 7 atom stereocenters. The van der Waals surface area contributed by atoms with Crippen molar-refractivity contribution in [1.29, 1.82) is 0 Å². The van der Waals surface area contributed by atoms with E-state index in [2.05, 4.69) is 35.7 Å². The maximum absolute atomic E-state index is 14.8. The number of rotatable bonds is 10. The van der Waals surface area contributed by atoms with Crippen LogP contribution in [0, 0.1) is 17.8 Å². The van der Waals surface area contributed by atoms with Gasteiger partial charge in [-0.05, 0) is 83.3 Å². The molecule has 18 nitrogen and oxygen atoms in total. The van der Waals surface area contributed by atoms with Crippen LogP contribution in [-0.2, 0) is 36.2 Å². The highest BCUT2D eigenvalue weighted by molar-refractivity contribution is 7.91. The van der Waals surface area contributed by atoms with Crippen LogP contribution in [0.3, 0.4) is 0 Å². The first-order chi connectivity index (χ1) is 28.0. The van der Waals surface area contributed by atoms with E-state index >= 15 is 0 Å². The van der Waals surface area contributed by atoms with Crippen molar-refractivity contribution in [3.63, 3.8) is 0 Å². The van der Waals surface area contributed by atoms with Crippen LogP contribution in [0.5, 0.6) is 5.75 Å². The second-order valence-electron chi connectivity index (χ2n) is 16.6. The topological polar surface area (TPSA) is 233 Å². The second-order valence-corrected chi connectivity index (χ2v) is 19.7. The van der Waals surface area contributed by atoms with Gasteiger partial charge in [0.1, 0.15) is 40.9 Å². The molecule has 3 saturated carbocycles. The molecule has 1 saturated heterocycles. The van der Waals surface area contributed by atoms with Crippen LogP contribution in [0.25, 0.3) is 11.4 Å². The number of anilines is 1. The molecule has 3 aromatic heterocycles. The predicted molar refractivity (Wildman–Crippen MR) is 213 cm³/mol. The van der Waals surface area contributed by atoms with E-state index < -0.39 is 74.1 Å². The van der Waals surface area contributed by atoms with Gasteiger partial charge in [0.25, 0.3) is 11.8 Å². The number of allylic oxidation sites excluding steroid dienone is 1. The van der Waals surface area contributed by atoms with E-state index in [0.717, 1.165) is 6.42 Å². The molecule has 3 unspecified atom stereocenters. The highest BCUT2D eigenvalue weighted by Gasteiger charge is 2.63. The molecule has 8 rings (SSSR count). The summed E-state index contributed by atoms with van der Waals surface area (Å²) in [5.41, 5.74) is -0.474. The molecule has 0 spiro atoms. The van der Waals surface area contributed by atoms with Crippen molar-refractivity contribution < 1.29 is 41.9 Å². The Balaban J connectivity index is 1.06. The number of hydrogen-bond donors (Lipinski definition) is 4. The molecule has 5 amide bonds. The minimum Gasteiger partial charge on any atom is -0.488 e. The third-order valence-corrected chi connectivity index (χ3v) is 14.7. The maximum Gasteiger partial charge on any atom is 0.413 e. The molecule has 5 heterocycles. The number of hydrogen-bond acceptors (Lipinski definition) is 13. The zero-order valence-corrected chi connectivity index (χ0v) is 34.7. The Morgan fingerprint density at radius 2 is 1.92 bits per heavy atom. The van der Waals surface area contributed by atoms with Gasteiger partial charge in [-0.1, -0.05) is 12.2 Å². The van der Waals surface area contributed by atoms with Crippen molar-refractivity contribution in [3.8, 4) is 17.1 Å². The number of sulfonamides is 1. The van der Waals surface area contributed by atoms with Gasteiger partial charge in [0, 0.05) is 43.2 Å². The Bertz CT molecular complexity index is 2320. The molecule has 3 aromatic rings. The zero-order chi connectivity index (χ0) is 41.9. The molecule has 4 N–H and O–H groups in total. The van der Waals surface area contributed by atoms with Gasteiger partial charge < -0.3 is 25.0 Å². The van der Waals surface area contributed by atoms with E-state index in [1.165, 1.54) is 27.1 Å². The Kier molecular flexibility index (Phi) is 10.5. The molecule has 3 aliphatic carbocycles. The first-order valence-electron chi connectivity index (χ1n) is 19.8. The van der Waals surface area contributed by atoms with Crippen LogP contribution < -0.4 is 25.4 Å². The Morgan fingerprint density at radius 3 is 2.64 bits per heavy atom. The molecular weight excluding hydrogens is 803 g/mol. The third-order valence-electron chi connectivity index (χ3n) is 11.8. The highest BCUT2D eigenvalue weighted by atomic mass is 32.2. The number of carbonyl (C=O) groups is 5. The molecule has 59 heavy (non-hydrogen) atoms. The van der Waals surface area contributed by atoms with E-state index in [4.69, 9.17) is 9.47 Å². The number of nitrogens with one attached hydrogen (secondary N) is 4. The lowest BCUT2D eigenvalue weighted by atomic mass is 10.0. The summed E-state index contributed by atoms with van der Waals surface area (Å²) in [6, 6.07) is 2.75. The molecule has 0 bridgehead atoms. The molecule has 0 radical (unpaired) electrons. The standard InChI is InChI=1S/C39H47N9O9S2/c1-21(2)56-37(53)43-36-41-29(20-58-36)28-16-24(9-13-40-28)57-25-17-30-33(50)44-39(35(52)46-59(54,55)38(3)11-12-38)18-23(39)8-6-5-7-22-15-26(22)31(34(51)48(30)19-25)42-32(49)27-10-14-47(4)45-27/h6,8-10,13-14,16,20-23,25-26,30-31H,5,7,11-12,15,17-19H2,1-4H3,(H,42,49)(H,44,50)(H,46,52)(H,41,43,53)/b8-6-/t22-,23-,25-,26?,30?,31+,39?/m1/s1. The largest absolute Gasteiger partial charge is 0.488 e. The minimum atomic E-state index is -4.01. The smallest absolute Gasteiger partial charge is 0.413 e. The molecular formula is C39H47N9O9S2. The summed E-state index contributed by atoms with van der Waals surface area (Å²) in [6.07, 6.45) is 8.43. The fourth-order valence-electron chi connectivity index (χ4n) is 7.90. The summed E-state index contributed by atoms with van der Waals surface area (Å²) in [5.74, 6) is -2.57. The molecule has 5 aliphatic rings. The fourth-order valence-corrected chi connectivity index (χ4v) is 9.90. The first kappa shape index (κ1) is 40.4. The number of thiazole rings is 1. The summed E-state index contributed by atoms with van der Waals surface area (Å²) < 4.78 is 40.6. The fraction of sp³-hybridized carbons (Fsp3) is 0.538. The van der Waals surface area contributed by atoms with Gasteiger partial charge in [-0.25, -0.2) is 18.2 Å². The minimum absolute atomic E-state index is 0.0279. The number of ether oxygens (including phenoxy) is 2. The molecule has 0 aromatic carbocycles. The van der Waals surface area contributed by atoms with Crippen LogP contribution in [0.1, 0.15) is 76.2 Å². The van der Waals surface area contributed by atoms with Crippen molar-refractivity contribution in [3.05, 3.63) is 53.8 Å². The first-order valence-corrected chi connectivity index (χ1v) is 22.1. The van der Waals surface area contributed by atoms with Gasteiger partial charge in [-0.2, -0.15) is 5.10 Å². The SMILES string of the molecule is CC(C)OC(=O)Nc1nc(-c2cc(O[C@@H]3CC4C(=O)NC5(C(=O)NS(=O)(=O)C6(C)CC6)C[C@H]5/C=C\CC[C@@H]5CC5[C@H](NC(=O)c5ccn(C)n5)C(=O)N4C3)ccn2)cs1. The number of aromatic nitrogens is 4. The van der Waals surface area contributed by atoms with Gasteiger partial charge in [0.15, 0.2) is 5.13 Å². The quantitative estimate of drug-likeness (QED) is 0.216. The Morgan fingerprint density at radius 1 is 1.12 bits per heavy atom. The summed E-state index contributed by atoms with van der Waals surface area (Å²) in [4.78, 5) is 79.0. The third kappa shape index (κ3) is 8.41. The predicted octanol–water partition coefficient (Wildman–Crippen LogP) is 2.90. The summed E-state index contributed by atoms with van der Waals surface area (Å²) in [6.45, 7) is 5.02. The zero-order valence-electron chi connectivity index (χ0n) is 33.0. The van der Waals surface area contributed by atoms with Crippen molar-refractivity contribution in [1.82, 2.24) is 40.0 Å². The lowest BCUT2D eigenvalue weighted by molar-refractivity contribution is -0.141. The summed E-state index contributed by atoms with van der Waals surface area (Å²) >= 11 is 1.19. The maximum atomic E-state index is 14.8. The van der Waals surface area contributed by atoms with Crippen molar-refractivity contribution in [2.45, 2.75) is 100 Å². The van der Waals surface area contributed by atoms with Gasteiger partial charge in [0.2, 0.25) is 21.8 Å². The van der Waals surface area contributed by atoms with E-state index in [-0.39, 0.29) is 43.0 Å². The van der Waals surface area contributed by atoms with E-state index in [0.29, 0.717) is 48.0 Å².